The topological polar surface area (TPSA) is 175 Å². The smallest absolute Gasteiger partial charge is 0.414 e. The normalized spacial score (nSPS) is 12.0. The predicted octanol–water partition coefficient (Wildman–Crippen LogP) is 2.65. The minimum Gasteiger partial charge on any atom is -0.469 e. The van der Waals surface area contributed by atoms with Crippen LogP contribution < -0.4 is 16.0 Å². The fraction of sp³-hybridized carbons (Fsp3) is 0.519. The van der Waals surface area contributed by atoms with Gasteiger partial charge >= 0.3 is 18.2 Å². The van der Waals surface area contributed by atoms with Crippen molar-refractivity contribution in [1.82, 2.24) is 30.9 Å². The lowest BCUT2D eigenvalue weighted by molar-refractivity contribution is -0.141. The largest absolute Gasteiger partial charge is 0.469 e. The Morgan fingerprint density at radius 2 is 1.54 bits per heavy atom. The molecule has 0 aliphatic carbocycles. The van der Waals surface area contributed by atoms with Crippen molar-refractivity contribution in [3.63, 3.8) is 0 Å². The molecular weight excluding hydrogens is 534 g/mol. The summed E-state index contributed by atoms with van der Waals surface area (Å²) >= 11 is 0. The number of ether oxygens (including phenoxy) is 3. The highest BCUT2D eigenvalue weighted by atomic mass is 16.6. The molecular formula is C27H39N7O7. The molecule has 14 heteroatoms. The van der Waals surface area contributed by atoms with Crippen LogP contribution in [0.25, 0.3) is 0 Å². The summed E-state index contributed by atoms with van der Waals surface area (Å²) in [5, 5.41) is 15.7. The fourth-order valence-electron chi connectivity index (χ4n) is 3.30. The first-order valence-electron chi connectivity index (χ1n) is 13.0. The van der Waals surface area contributed by atoms with Crippen molar-refractivity contribution in [2.75, 3.05) is 13.7 Å². The van der Waals surface area contributed by atoms with Gasteiger partial charge in [-0.2, -0.15) is 0 Å². The number of aromatic nitrogens is 3. The molecule has 1 aromatic heterocycles. The molecule has 0 saturated carbocycles. The van der Waals surface area contributed by atoms with Gasteiger partial charge in [-0.3, -0.25) is 25.2 Å². The third kappa shape index (κ3) is 13.4. The van der Waals surface area contributed by atoms with Gasteiger partial charge in [-0.05, 0) is 47.1 Å². The van der Waals surface area contributed by atoms with Gasteiger partial charge in [0.1, 0.15) is 17.7 Å². The number of hydrogen-bond donors (Lipinski definition) is 3. The van der Waals surface area contributed by atoms with E-state index >= 15 is 0 Å². The third-order valence-electron chi connectivity index (χ3n) is 4.90. The van der Waals surface area contributed by atoms with Gasteiger partial charge in [-0.1, -0.05) is 35.5 Å². The molecule has 0 aliphatic heterocycles. The molecule has 3 N–H and O–H groups in total. The van der Waals surface area contributed by atoms with E-state index in [9.17, 15) is 19.2 Å². The monoisotopic (exact) mass is 573 g/mol. The van der Waals surface area contributed by atoms with Crippen molar-refractivity contribution in [3.8, 4) is 0 Å². The Kier molecular flexibility index (Phi) is 11.8. The molecule has 0 bridgehead atoms. The van der Waals surface area contributed by atoms with Crippen LogP contribution in [-0.2, 0) is 36.8 Å². The average molecular weight is 574 g/mol. The van der Waals surface area contributed by atoms with Crippen LogP contribution in [0.2, 0.25) is 0 Å². The summed E-state index contributed by atoms with van der Waals surface area (Å²) in [5.74, 6) is -0.982. The zero-order chi connectivity index (χ0) is 30.6. The van der Waals surface area contributed by atoms with Crippen LogP contribution in [0.15, 0.2) is 41.5 Å². The van der Waals surface area contributed by atoms with E-state index in [-0.39, 0.29) is 37.8 Å². The lowest BCUT2D eigenvalue weighted by Crippen LogP contribution is -2.47. The van der Waals surface area contributed by atoms with Gasteiger partial charge in [0.05, 0.1) is 25.3 Å². The molecule has 224 valence electrons. The van der Waals surface area contributed by atoms with Crippen molar-refractivity contribution >= 4 is 30.0 Å². The second-order valence-electron chi connectivity index (χ2n) is 11.0. The van der Waals surface area contributed by atoms with Crippen LogP contribution in [-0.4, -0.2) is 69.9 Å². The van der Waals surface area contributed by atoms with Gasteiger partial charge in [0, 0.05) is 19.2 Å². The summed E-state index contributed by atoms with van der Waals surface area (Å²) < 4.78 is 16.6. The average Bonchev–Trinajstić information content (AvgIpc) is 3.28. The molecule has 0 spiro atoms. The maximum atomic E-state index is 12.7. The Hall–Kier alpha value is -4.49. The number of benzene rings is 1. The zero-order valence-corrected chi connectivity index (χ0v) is 24.5. The number of aliphatic imine (C=N–C) groups is 1. The molecule has 0 aliphatic rings. The highest BCUT2D eigenvalue weighted by Crippen LogP contribution is 2.17. The van der Waals surface area contributed by atoms with E-state index < -0.39 is 35.4 Å². The molecule has 1 heterocycles. The molecule has 3 amide bonds. The molecule has 0 saturated heterocycles. The first-order chi connectivity index (χ1) is 19.1. The fourth-order valence-corrected chi connectivity index (χ4v) is 3.30. The lowest BCUT2D eigenvalue weighted by Gasteiger charge is -2.22. The number of carbonyl (C=O) groups is 4. The van der Waals surface area contributed by atoms with Crippen molar-refractivity contribution in [3.05, 3.63) is 47.8 Å². The SMILES string of the molecule is COC(=O)C[C@@H](NC(=O)Cn1cc(CCN=C(NC(=O)OC(C)(C)C)NC(=O)OC(C)(C)C)nn1)c1ccccc1. The Balaban J connectivity index is 2.01. The molecule has 0 unspecified atom stereocenters. The minimum absolute atomic E-state index is 0.0239. The molecule has 1 atom stereocenters. The number of rotatable bonds is 9. The van der Waals surface area contributed by atoms with Crippen LogP contribution in [0.1, 0.15) is 65.3 Å². The number of nitrogens with zero attached hydrogens (tertiary/aromatic N) is 4. The number of hydrogen-bond acceptors (Lipinski definition) is 10. The van der Waals surface area contributed by atoms with Crippen molar-refractivity contribution in [2.45, 2.75) is 78.2 Å². The van der Waals surface area contributed by atoms with E-state index in [1.54, 1.807) is 47.7 Å². The standard InChI is InChI=1S/C27H39N7O7/c1-26(2,3)40-24(37)30-23(31-25(38)41-27(4,5)6)28-14-13-19-16-34(33-32-19)17-21(35)29-20(15-22(36)39-7)18-11-9-8-10-12-18/h8-12,16,20H,13-15,17H2,1-7H3,(H,29,35)(H2,28,30,31,37,38)/t20-/m1/s1. The Labute approximate surface area is 239 Å². The van der Waals surface area contributed by atoms with Crippen LogP contribution in [0, 0.1) is 0 Å². The van der Waals surface area contributed by atoms with E-state index in [2.05, 4.69) is 31.3 Å². The number of alkyl carbamates (subject to hydrolysis) is 2. The molecule has 41 heavy (non-hydrogen) atoms. The molecule has 14 nitrogen and oxygen atoms in total. The third-order valence-corrected chi connectivity index (χ3v) is 4.90. The molecule has 1 aromatic carbocycles. The number of nitrogens with one attached hydrogen (secondary N) is 3. The van der Waals surface area contributed by atoms with Crippen LogP contribution in [0.3, 0.4) is 0 Å². The lowest BCUT2D eigenvalue weighted by atomic mass is 10.0. The first-order valence-corrected chi connectivity index (χ1v) is 13.0. The maximum Gasteiger partial charge on any atom is 0.414 e. The summed E-state index contributed by atoms with van der Waals surface area (Å²) in [5.41, 5.74) is -0.234. The summed E-state index contributed by atoms with van der Waals surface area (Å²) in [6.45, 7) is 10.2. The quantitative estimate of drug-likeness (QED) is 0.176. The highest BCUT2D eigenvalue weighted by Gasteiger charge is 2.22. The van der Waals surface area contributed by atoms with Gasteiger partial charge < -0.3 is 19.5 Å². The number of amides is 3. The first kappa shape index (κ1) is 32.7. The molecule has 0 radical (unpaired) electrons. The van der Waals surface area contributed by atoms with Crippen LogP contribution in [0.4, 0.5) is 9.59 Å². The minimum atomic E-state index is -0.801. The molecule has 2 rings (SSSR count). The summed E-state index contributed by atoms with van der Waals surface area (Å²) in [4.78, 5) is 53.2. The molecule has 0 fully saturated rings. The van der Waals surface area contributed by atoms with E-state index in [1.165, 1.54) is 11.8 Å². The van der Waals surface area contributed by atoms with E-state index in [4.69, 9.17) is 14.2 Å². The Morgan fingerprint density at radius 1 is 0.951 bits per heavy atom. The number of carbonyl (C=O) groups excluding carboxylic acids is 4. The predicted molar refractivity (Wildman–Crippen MR) is 149 cm³/mol. The van der Waals surface area contributed by atoms with Crippen LogP contribution >= 0.6 is 0 Å². The van der Waals surface area contributed by atoms with Gasteiger partial charge in [-0.25, -0.2) is 14.3 Å². The van der Waals surface area contributed by atoms with Gasteiger partial charge in [0.15, 0.2) is 0 Å². The van der Waals surface area contributed by atoms with Crippen molar-refractivity contribution in [2.24, 2.45) is 4.99 Å². The van der Waals surface area contributed by atoms with Crippen LogP contribution in [0.5, 0.6) is 0 Å². The molecule has 2 aromatic rings. The Bertz CT molecular complexity index is 1180. The van der Waals surface area contributed by atoms with Gasteiger partial charge in [0.2, 0.25) is 11.9 Å². The number of esters is 1. The maximum absolute atomic E-state index is 12.7. The summed E-state index contributed by atoms with van der Waals surface area (Å²) in [7, 11) is 1.29. The number of guanidine groups is 1. The van der Waals surface area contributed by atoms with E-state index in [1.807, 2.05) is 30.3 Å². The van der Waals surface area contributed by atoms with Gasteiger partial charge in [-0.15, -0.1) is 5.10 Å². The number of methoxy groups -OCH3 is 1. The van der Waals surface area contributed by atoms with Gasteiger partial charge in [0.25, 0.3) is 0 Å². The zero-order valence-electron chi connectivity index (χ0n) is 24.5. The van der Waals surface area contributed by atoms with Crippen molar-refractivity contribution in [1.29, 1.82) is 0 Å². The second kappa shape index (κ2) is 14.8. The summed E-state index contributed by atoms with van der Waals surface area (Å²) in [6, 6.07) is 8.52. The van der Waals surface area contributed by atoms with E-state index in [0.29, 0.717) is 5.69 Å². The van der Waals surface area contributed by atoms with Crippen molar-refractivity contribution < 1.29 is 33.4 Å². The highest BCUT2D eigenvalue weighted by molar-refractivity contribution is 6.01. The summed E-state index contributed by atoms with van der Waals surface area (Å²) in [6.07, 6.45) is 0.237. The van der Waals surface area contributed by atoms with E-state index in [0.717, 1.165) is 5.56 Å². The second-order valence-corrected chi connectivity index (χ2v) is 11.0. The Morgan fingerprint density at radius 3 is 2.07 bits per heavy atom.